The molecular weight excluding hydrogens is 232 g/mol. The molecule has 0 saturated heterocycles. The summed E-state index contributed by atoms with van der Waals surface area (Å²) in [5.41, 5.74) is -0.953. The minimum absolute atomic E-state index is 0. The van der Waals surface area contributed by atoms with Gasteiger partial charge in [0.2, 0.25) is 5.91 Å². The predicted molar refractivity (Wildman–Crippen MR) is 64.6 cm³/mol. The molecule has 0 heterocycles. The number of methoxy groups -OCH3 is 1. The topological polar surface area (TPSA) is 67.4 Å². The molecule has 0 saturated carbocycles. The average molecular weight is 253 g/mol. The molecule has 0 atom stereocenters. The van der Waals surface area contributed by atoms with Gasteiger partial charge in [0.1, 0.15) is 5.54 Å². The van der Waals surface area contributed by atoms with Gasteiger partial charge in [-0.05, 0) is 33.9 Å². The molecule has 5 nitrogen and oxygen atoms in total. The number of carbonyl (C=O) groups excluding carboxylic acids is 2. The summed E-state index contributed by atoms with van der Waals surface area (Å²) >= 11 is 0. The van der Waals surface area contributed by atoms with Crippen LogP contribution in [-0.4, -0.2) is 38.1 Å². The number of esters is 1. The first kappa shape index (κ1) is 17.6. The highest BCUT2D eigenvalue weighted by molar-refractivity contribution is 5.87. The predicted octanol–water partition coefficient (Wildman–Crippen LogP) is 0.476. The van der Waals surface area contributed by atoms with Crippen molar-refractivity contribution in [1.82, 2.24) is 10.6 Å². The summed E-state index contributed by atoms with van der Waals surface area (Å²) in [6.07, 6.45) is 1.15. The van der Waals surface area contributed by atoms with E-state index >= 15 is 0 Å². The molecule has 0 aliphatic heterocycles. The highest BCUT2D eigenvalue weighted by atomic mass is 35.5. The molecule has 0 bridgehead atoms. The Bertz CT molecular complexity index is 232. The number of hydrogen-bond acceptors (Lipinski definition) is 4. The van der Waals surface area contributed by atoms with Crippen molar-refractivity contribution in [2.45, 2.75) is 32.2 Å². The van der Waals surface area contributed by atoms with Crippen LogP contribution in [-0.2, 0) is 14.3 Å². The minimum Gasteiger partial charge on any atom is -0.467 e. The Labute approximate surface area is 103 Å². The normalized spacial score (nSPS) is 10.2. The fraction of sp³-hybridized carbons (Fsp3) is 0.800. The lowest BCUT2D eigenvalue weighted by Crippen LogP contribution is -2.50. The number of hydrogen-bond donors (Lipinski definition) is 2. The summed E-state index contributed by atoms with van der Waals surface area (Å²) in [6.45, 7) is 4.02. The molecule has 0 rings (SSSR count). The first-order valence-electron chi connectivity index (χ1n) is 4.98. The van der Waals surface area contributed by atoms with E-state index < -0.39 is 11.5 Å². The lowest BCUT2D eigenvalue weighted by atomic mass is 10.1. The van der Waals surface area contributed by atoms with Gasteiger partial charge in [-0.1, -0.05) is 0 Å². The van der Waals surface area contributed by atoms with Gasteiger partial charge in [-0.15, -0.1) is 12.4 Å². The molecule has 96 valence electrons. The Balaban J connectivity index is 0. The fourth-order valence-corrected chi connectivity index (χ4v) is 1.14. The van der Waals surface area contributed by atoms with Crippen LogP contribution in [0.2, 0.25) is 0 Å². The van der Waals surface area contributed by atoms with Crippen LogP contribution in [0.25, 0.3) is 0 Å². The number of carbonyl (C=O) groups is 2. The molecule has 1 amide bonds. The van der Waals surface area contributed by atoms with E-state index in [9.17, 15) is 9.59 Å². The molecule has 0 aliphatic carbocycles. The third-order valence-electron chi connectivity index (χ3n) is 1.98. The van der Waals surface area contributed by atoms with Crippen molar-refractivity contribution in [3.8, 4) is 0 Å². The van der Waals surface area contributed by atoms with Crippen molar-refractivity contribution < 1.29 is 14.3 Å². The molecule has 6 heteroatoms. The van der Waals surface area contributed by atoms with Gasteiger partial charge < -0.3 is 15.4 Å². The van der Waals surface area contributed by atoms with E-state index in [0.29, 0.717) is 6.42 Å². The summed E-state index contributed by atoms with van der Waals surface area (Å²) in [5.74, 6) is -0.579. The van der Waals surface area contributed by atoms with Gasteiger partial charge in [-0.2, -0.15) is 0 Å². The zero-order valence-corrected chi connectivity index (χ0v) is 11.1. The third-order valence-corrected chi connectivity index (χ3v) is 1.98. The van der Waals surface area contributed by atoms with Crippen molar-refractivity contribution in [3.63, 3.8) is 0 Å². The second-order valence-corrected chi connectivity index (χ2v) is 3.87. The Morgan fingerprint density at radius 3 is 2.31 bits per heavy atom. The van der Waals surface area contributed by atoms with E-state index in [2.05, 4.69) is 15.4 Å². The van der Waals surface area contributed by atoms with Crippen LogP contribution in [0.3, 0.4) is 0 Å². The van der Waals surface area contributed by atoms with Gasteiger partial charge >= 0.3 is 5.97 Å². The Hall–Kier alpha value is -0.810. The summed E-state index contributed by atoms with van der Waals surface area (Å²) < 4.78 is 4.58. The molecule has 0 aromatic rings. The molecule has 0 spiro atoms. The van der Waals surface area contributed by atoms with Gasteiger partial charge in [-0.25, -0.2) is 4.79 Å². The number of amides is 1. The van der Waals surface area contributed by atoms with E-state index in [1.807, 2.05) is 7.05 Å². The van der Waals surface area contributed by atoms with Crippen LogP contribution in [0.4, 0.5) is 0 Å². The maximum absolute atomic E-state index is 11.4. The van der Waals surface area contributed by atoms with Crippen LogP contribution in [0.1, 0.15) is 26.7 Å². The molecule has 0 aromatic heterocycles. The molecule has 0 aromatic carbocycles. The van der Waals surface area contributed by atoms with E-state index in [1.165, 1.54) is 7.11 Å². The standard InChI is InChI=1S/C10H20N2O3.ClH/c1-10(2,9(14)15-4)12-8(13)6-5-7-11-3;/h11H,5-7H2,1-4H3,(H,12,13);1H. The van der Waals surface area contributed by atoms with E-state index in [-0.39, 0.29) is 18.3 Å². The van der Waals surface area contributed by atoms with Crippen molar-refractivity contribution >= 4 is 24.3 Å². The number of nitrogens with one attached hydrogen (secondary N) is 2. The molecule has 0 fully saturated rings. The van der Waals surface area contributed by atoms with Gasteiger partial charge in [0.25, 0.3) is 0 Å². The van der Waals surface area contributed by atoms with Gasteiger partial charge in [0.15, 0.2) is 0 Å². The Kier molecular flexibility index (Phi) is 9.18. The van der Waals surface area contributed by atoms with Crippen LogP contribution in [0, 0.1) is 0 Å². The largest absolute Gasteiger partial charge is 0.467 e. The van der Waals surface area contributed by atoms with E-state index in [1.54, 1.807) is 13.8 Å². The van der Waals surface area contributed by atoms with Gasteiger partial charge in [0.05, 0.1) is 7.11 Å². The van der Waals surface area contributed by atoms with Crippen LogP contribution >= 0.6 is 12.4 Å². The zero-order chi connectivity index (χ0) is 11.9. The van der Waals surface area contributed by atoms with Crippen molar-refractivity contribution in [1.29, 1.82) is 0 Å². The van der Waals surface area contributed by atoms with Gasteiger partial charge in [-0.3, -0.25) is 4.79 Å². The smallest absolute Gasteiger partial charge is 0.330 e. The zero-order valence-electron chi connectivity index (χ0n) is 10.3. The second kappa shape index (κ2) is 8.35. The number of rotatable bonds is 6. The summed E-state index contributed by atoms with van der Waals surface area (Å²) in [7, 11) is 3.13. The first-order chi connectivity index (χ1) is 6.94. The second-order valence-electron chi connectivity index (χ2n) is 3.87. The lowest BCUT2D eigenvalue weighted by Gasteiger charge is -2.22. The SMILES string of the molecule is CNCCCC(=O)NC(C)(C)C(=O)OC.Cl. The van der Waals surface area contributed by atoms with Crippen molar-refractivity contribution in [2.24, 2.45) is 0 Å². The third kappa shape index (κ3) is 6.63. The molecule has 2 N–H and O–H groups in total. The fourth-order valence-electron chi connectivity index (χ4n) is 1.14. The van der Waals surface area contributed by atoms with Gasteiger partial charge in [0, 0.05) is 6.42 Å². The maximum Gasteiger partial charge on any atom is 0.330 e. The van der Waals surface area contributed by atoms with Crippen LogP contribution in [0.15, 0.2) is 0 Å². The minimum atomic E-state index is -0.953. The van der Waals surface area contributed by atoms with Crippen LogP contribution in [0.5, 0.6) is 0 Å². The van der Waals surface area contributed by atoms with Crippen molar-refractivity contribution in [2.75, 3.05) is 20.7 Å². The monoisotopic (exact) mass is 252 g/mol. The Morgan fingerprint density at radius 1 is 1.31 bits per heavy atom. The molecule has 0 unspecified atom stereocenters. The number of halogens is 1. The highest BCUT2D eigenvalue weighted by Crippen LogP contribution is 2.05. The average Bonchev–Trinajstić information content (AvgIpc) is 2.16. The lowest BCUT2D eigenvalue weighted by molar-refractivity contribution is -0.149. The summed E-state index contributed by atoms with van der Waals surface area (Å²) in [4.78, 5) is 22.7. The molecule has 0 radical (unpaired) electrons. The first-order valence-corrected chi connectivity index (χ1v) is 4.98. The molecular formula is C10H21ClN2O3. The van der Waals surface area contributed by atoms with E-state index in [0.717, 1.165) is 13.0 Å². The van der Waals surface area contributed by atoms with E-state index in [4.69, 9.17) is 0 Å². The van der Waals surface area contributed by atoms with Crippen LogP contribution < -0.4 is 10.6 Å². The molecule has 0 aliphatic rings. The quantitative estimate of drug-likeness (QED) is 0.533. The molecule has 16 heavy (non-hydrogen) atoms. The summed E-state index contributed by atoms with van der Waals surface area (Å²) in [5, 5.41) is 5.57. The van der Waals surface area contributed by atoms with Crippen molar-refractivity contribution in [3.05, 3.63) is 0 Å². The Morgan fingerprint density at radius 2 is 1.88 bits per heavy atom. The maximum atomic E-state index is 11.4. The highest BCUT2D eigenvalue weighted by Gasteiger charge is 2.29. The number of ether oxygens (including phenoxy) is 1. The summed E-state index contributed by atoms with van der Waals surface area (Å²) in [6, 6.07) is 0.